The van der Waals surface area contributed by atoms with Gasteiger partial charge in [0.05, 0.1) is 19.4 Å². The van der Waals surface area contributed by atoms with Gasteiger partial charge in [0.1, 0.15) is 12.4 Å². The lowest BCUT2D eigenvalue weighted by molar-refractivity contribution is -0.140. The number of hydrogen-bond acceptors (Lipinski definition) is 3. The van der Waals surface area contributed by atoms with Gasteiger partial charge in [-0.15, -0.1) is 5.92 Å². The van der Waals surface area contributed by atoms with Crippen molar-refractivity contribution < 1.29 is 14.3 Å². The lowest BCUT2D eigenvalue weighted by Crippen LogP contribution is -2.19. The topological polar surface area (TPSA) is 35.5 Å². The average Bonchev–Trinajstić information content (AvgIpc) is 3.14. The van der Waals surface area contributed by atoms with Crippen molar-refractivity contribution in [3.63, 3.8) is 0 Å². The van der Waals surface area contributed by atoms with Crippen molar-refractivity contribution in [2.24, 2.45) is 5.41 Å². The van der Waals surface area contributed by atoms with Gasteiger partial charge in [-0.05, 0) is 67.7 Å². The minimum atomic E-state index is -0.242. The number of carbonyl (C=O) groups is 1. The van der Waals surface area contributed by atoms with Crippen LogP contribution in [0.2, 0.25) is 0 Å². The van der Waals surface area contributed by atoms with Crippen LogP contribution in [-0.4, -0.2) is 19.7 Å². The minimum Gasteiger partial charge on any atom is -0.489 e. The van der Waals surface area contributed by atoms with E-state index in [2.05, 4.69) is 17.9 Å². The van der Waals surface area contributed by atoms with E-state index in [-0.39, 0.29) is 18.3 Å². The molecular formula is C24H30O3. The Labute approximate surface area is 163 Å². The second-order valence-corrected chi connectivity index (χ2v) is 7.81. The zero-order chi connectivity index (χ0) is 19.1. The number of rotatable bonds is 6. The molecule has 3 heteroatoms. The predicted molar refractivity (Wildman–Crippen MR) is 108 cm³/mol. The molecule has 0 N–H and O–H groups in total. The van der Waals surface area contributed by atoms with Crippen LogP contribution in [0.25, 0.3) is 0 Å². The first-order chi connectivity index (χ1) is 13.1. The fourth-order valence-corrected chi connectivity index (χ4v) is 4.48. The van der Waals surface area contributed by atoms with Gasteiger partial charge in [0.15, 0.2) is 0 Å². The van der Waals surface area contributed by atoms with E-state index in [4.69, 9.17) is 9.47 Å². The molecule has 0 radical (unpaired) electrons. The van der Waals surface area contributed by atoms with Crippen LogP contribution in [0.5, 0.6) is 5.75 Å². The summed E-state index contributed by atoms with van der Waals surface area (Å²) in [6.07, 6.45) is 12.1. The van der Waals surface area contributed by atoms with Gasteiger partial charge >= 0.3 is 5.97 Å². The van der Waals surface area contributed by atoms with E-state index >= 15 is 0 Å². The van der Waals surface area contributed by atoms with Gasteiger partial charge < -0.3 is 9.47 Å². The zero-order valence-corrected chi connectivity index (χ0v) is 16.6. The van der Waals surface area contributed by atoms with Crippen LogP contribution in [0.1, 0.15) is 69.8 Å². The van der Waals surface area contributed by atoms with Crippen molar-refractivity contribution in [2.45, 2.75) is 64.2 Å². The maximum Gasteiger partial charge on any atom is 0.307 e. The van der Waals surface area contributed by atoms with Crippen molar-refractivity contribution >= 4 is 5.97 Å². The highest BCUT2D eigenvalue weighted by atomic mass is 16.5. The Morgan fingerprint density at radius 3 is 2.52 bits per heavy atom. The molecule has 1 aromatic carbocycles. The zero-order valence-electron chi connectivity index (χ0n) is 16.6. The highest BCUT2D eigenvalue weighted by Gasteiger charge is 2.33. The molecule has 1 atom stereocenters. The Hall–Kier alpha value is -2.21. The third kappa shape index (κ3) is 5.16. The van der Waals surface area contributed by atoms with Crippen LogP contribution in [0, 0.1) is 17.3 Å². The van der Waals surface area contributed by atoms with Gasteiger partial charge in [-0.3, -0.25) is 4.79 Å². The van der Waals surface area contributed by atoms with Gasteiger partial charge in [0.25, 0.3) is 0 Å². The molecule has 2 aliphatic rings. The summed E-state index contributed by atoms with van der Waals surface area (Å²) in [5.41, 5.74) is 2.94. The predicted octanol–water partition coefficient (Wildman–Crippen LogP) is 5.41. The summed E-state index contributed by atoms with van der Waals surface area (Å²) < 4.78 is 10.8. The first-order valence-electron chi connectivity index (χ1n) is 10.1. The highest BCUT2D eigenvalue weighted by Crippen LogP contribution is 2.47. The molecule has 0 aromatic heterocycles. The lowest BCUT2D eigenvalue weighted by Gasteiger charge is -2.31. The standard InChI is InChI=1S/C24H30O3/c1-3-7-21(16-23(25)26-2)20-9-11-22(12-10-20)27-18-19-8-6-15-24(17-19)13-4-5-14-24/h9-12,17,21H,4-6,8,13-16,18H2,1-2H3. The summed E-state index contributed by atoms with van der Waals surface area (Å²) in [6.45, 7) is 2.47. The van der Waals surface area contributed by atoms with Gasteiger partial charge in [0, 0.05) is 0 Å². The SMILES string of the molecule is CC#CC(CC(=O)OC)c1ccc(OCC2=CC3(CCCC3)CCC2)cc1. The third-order valence-corrected chi connectivity index (χ3v) is 5.91. The average molecular weight is 367 g/mol. The second kappa shape index (κ2) is 9.13. The molecule has 1 unspecified atom stereocenters. The molecule has 2 aliphatic carbocycles. The van der Waals surface area contributed by atoms with Crippen LogP contribution in [0.15, 0.2) is 35.9 Å². The molecule has 3 nitrogen and oxygen atoms in total. The van der Waals surface area contributed by atoms with E-state index in [1.807, 2.05) is 24.3 Å². The first kappa shape index (κ1) is 19.5. The summed E-state index contributed by atoms with van der Waals surface area (Å²) in [5.74, 6) is 6.49. The van der Waals surface area contributed by atoms with Crippen molar-refractivity contribution in [1.29, 1.82) is 0 Å². The number of hydrogen-bond donors (Lipinski definition) is 0. The quantitative estimate of drug-likeness (QED) is 0.384. The van der Waals surface area contributed by atoms with Crippen LogP contribution in [0.3, 0.4) is 0 Å². The summed E-state index contributed by atoms with van der Waals surface area (Å²) >= 11 is 0. The number of benzene rings is 1. The minimum absolute atomic E-state index is 0.139. The Morgan fingerprint density at radius 2 is 1.85 bits per heavy atom. The molecule has 1 saturated carbocycles. The molecule has 27 heavy (non-hydrogen) atoms. The number of ether oxygens (including phenoxy) is 2. The molecule has 0 heterocycles. The molecule has 1 fully saturated rings. The Balaban J connectivity index is 1.60. The molecule has 1 aromatic rings. The Bertz CT molecular complexity index is 727. The summed E-state index contributed by atoms with van der Waals surface area (Å²) in [7, 11) is 1.41. The normalized spacial score (nSPS) is 19.0. The van der Waals surface area contributed by atoms with E-state index in [1.165, 1.54) is 51.2 Å². The Morgan fingerprint density at radius 1 is 1.15 bits per heavy atom. The Kier molecular flexibility index (Phi) is 6.61. The van der Waals surface area contributed by atoms with Crippen molar-refractivity contribution in [1.82, 2.24) is 0 Å². The first-order valence-corrected chi connectivity index (χ1v) is 10.1. The van der Waals surface area contributed by atoms with E-state index in [9.17, 15) is 4.79 Å². The van der Waals surface area contributed by atoms with Gasteiger partial charge in [-0.25, -0.2) is 0 Å². The fourth-order valence-electron chi connectivity index (χ4n) is 4.48. The van der Waals surface area contributed by atoms with E-state index in [1.54, 1.807) is 6.92 Å². The molecule has 1 spiro atoms. The van der Waals surface area contributed by atoms with Crippen LogP contribution in [0.4, 0.5) is 0 Å². The number of allylic oxidation sites excluding steroid dienone is 1. The number of esters is 1. The van der Waals surface area contributed by atoms with Crippen molar-refractivity contribution in [3.05, 3.63) is 41.5 Å². The maximum absolute atomic E-state index is 11.6. The van der Waals surface area contributed by atoms with Gasteiger partial charge in [0.2, 0.25) is 0 Å². The number of methoxy groups -OCH3 is 1. The maximum atomic E-state index is 11.6. The third-order valence-electron chi connectivity index (χ3n) is 5.91. The summed E-state index contributed by atoms with van der Waals surface area (Å²) in [4.78, 5) is 11.6. The lowest BCUT2D eigenvalue weighted by atomic mass is 9.75. The molecule has 3 rings (SSSR count). The molecule has 0 amide bonds. The van der Waals surface area contributed by atoms with Crippen LogP contribution in [-0.2, 0) is 9.53 Å². The van der Waals surface area contributed by atoms with Crippen molar-refractivity contribution in [3.8, 4) is 17.6 Å². The summed E-state index contributed by atoms with van der Waals surface area (Å²) in [5, 5.41) is 0. The molecule has 0 aliphatic heterocycles. The second-order valence-electron chi connectivity index (χ2n) is 7.81. The van der Waals surface area contributed by atoms with Crippen LogP contribution < -0.4 is 4.74 Å². The van der Waals surface area contributed by atoms with E-state index < -0.39 is 0 Å². The largest absolute Gasteiger partial charge is 0.489 e. The van der Waals surface area contributed by atoms with E-state index in [0.717, 1.165) is 17.7 Å². The van der Waals surface area contributed by atoms with Gasteiger partial charge in [-0.2, -0.15) is 0 Å². The van der Waals surface area contributed by atoms with E-state index in [0.29, 0.717) is 12.0 Å². The van der Waals surface area contributed by atoms with Crippen LogP contribution >= 0.6 is 0 Å². The number of carbonyl (C=O) groups excluding carboxylic acids is 1. The van der Waals surface area contributed by atoms with Crippen molar-refractivity contribution in [2.75, 3.05) is 13.7 Å². The highest BCUT2D eigenvalue weighted by molar-refractivity contribution is 5.71. The fraction of sp³-hybridized carbons (Fsp3) is 0.542. The molecule has 144 valence electrons. The van der Waals surface area contributed by atoms with Gasteiger partial charge in [-0.1, -0.05) is 37.0 Å². The molecule has 0 saturated heterocycles. The summed E-state index contributed by atoms with van der Waals surface area (Å²) in [6, 6.07) is 7.96. The monoisotopic (exact) mass is 366 g/mol. The molecular weight excluding hydrogens is 336 g/mol. The smallest absolute Gasteiger partial charge is 0.307 e. The molecule has 0 bridgehead atoms.